The molecule has 0 aromatic heterocycles. The number of hydrogen-bond donors (Lipinski definition) is 2. The molecular formula is C22H32F3N3O2. The van der Waals surface area contributed by atoms with Crippen LogP contribution in [0.25, 0.3) is 0 Å². The van der Waals surface area contributed by atoms with Gasteiger partial charge in [-0.3, -0.25) is 4.79 Å². The van der Waals surface area contributed by atoms with Gasteiger partial charge < -0.3 is 15.5 Å². The van der Waals surface area contributed by atoms with Crippen molar-refractivity contribution in [1.82, 2.24) is 15.5 Å². The molecule has 30 heavy (non-hydrogen) atoms. The summed E-state index contributed by atoms with van der Waals surface area (Å²) in [6.07, 6.45) is -3.66. The number of carbonyl (C=O) groups is 2. The molecule has 2 unspecified atom stereocenters. The van der Waals surface area contributed by atoms with Gasteiger partial charge in [-0.1, -0.05) is 32.0 Å². The number of alkyl halides is 3. The van der Waals surface area contributed by atoms with Gasteiger partial charge in [0.2, 0.25) is 5.91 Å². The SMILES string of the molecule is CC(C)CCNC(=O)C1CN(C(=O)NC(C)(C)C)CC1c1cccc(C(F)(F)F)c1. The summed E-state index contributed by atoms with van der Waals surface area (Å²) in [5, 5.41) is 5.75. The maximum absolute atomic E-state index is 13.2. The van der Waals surface area contributed by atoms with E-state index in [9.17, 15) is 22.8 Å². The third-order valence-electron chi connectivity index (χ3n) is 5.09. The second kappa shape index (κ2) is 9.27. The summed E-state index contributed by atoms with van der Waals surface area (Å²) in [5.41, 5.74) is -0.795. The molecule has 0 saturated carbocycles. The second-order valence-electron chi connectivity index (χ2n) is 9.39. The Morgan fingerprint density at radius 2 is 1.83 bits per heavy atom. The first-order valence-electron chi connectivity index (χ1n) is 10.3. The topological polar surface area (TPSA) is 61.4 Å². The van der Waals surface area contributed by atoms with E-state index in [0.717, 1.165) is 18.6 Å². The lowest BCUT2D eigenvalue weighted by Gasteiger charge is -2.25. The maximum atomic E-state index is 13.2. The fraction of sp³-hybridized carbons (Fsp3) is 0.636. The number of likely N-dealkylation sites (tertiary alicyclic amines) is 1. The summed E-state index contributed by atoms with van der Waals surface area (Å²) >= 11 is 0. The zero-order chi connectivity index (χ0) is 22.7. The Bertz CT molecular complexity index is 757. The Kier molecular flexibility index (Phi) is 7.42. The molecule has 8 heteroatoms. The van der Waals surface area contributed by atoms with Gasteiger partial charge in [0, 0.05) is 31.1 Å². The quantitative estimate of drug-likeness (QED) is 0.732. The standard InChI is InChI=1S/C22H32F3N3O2/c1-14(2)9-10-26-19(29)18-13-28(20(30)27-21(3,4)5)12-17(18)15-7-6-8-16(11-15)22(23,24)25/h6-8,11,14,17-18H,9-10,12-13H2,1-5H3,(H,26,29)(H,27,30). The average molecular weight is 428 g/mol. The minimum atomic E-state index is -4.47. The molecule has 1 aromatic rings. The maximum Gasteiger partial charge on any atom is 0.416 e. The predicted octanol–water partition coefficient (Wildman–Crippen LogP) is 4.39. The molecule has 0 spiro atoms. The molecule has 2 rings (SSSR count). The third kappa shape index (κ3) is 6.64. The number of carbonyl (C=O) groups excluding carboxylic acids is 2. The van der Waals surface area contributed by atoms with Crippen LogP contribution in [0.5, 0.6) is 0 Å². The van der Waals surface area contributed by atoms with Gasteiger partial charge in [0.05, 0.1) is 11.5 Å². The number of hydrogen-bond acceptors (Lipinski definition) is 2. The number of rotatable bonds is 5. The normalized spacial score (nSPS) is 19.8. The molecule has 1 heterocycles. The third-order valence-corrected chi connectivity index (χ3v) is 5.09. The molecule has 2 atom stereocenters. The second-order valence-corrected chi connectivity index (χ2v) is 9.39. The van der Waals surface area contributed by atoms with Crippen molar-refractivity contribution in [2.45, 2.75) is 58.7 Å². The molecule has 1 saturated heterocycles. The first kappa shape index (κ1) is 24.0. The summed E-state index contributed by atoms with van der Waals surface area (Å²) in [7, 11) is 0. The first-order chi connectivity index (χ1) is 13.8. The van der Waals surface area contributed by atoms with Crippen molar-refractivity contribution < 1.29 is 22.8 Å². The minimum Gasteiger partial charge on any atom is -0.356 e. The predicted molar refractivity (Wildman–Crippen MR) is 110 cm³/mol. The average Bonchev–Trinajstić information content (AvgIpc) is 3.05. The number of urea groups is 1. The van der Waals surface area contributed by atoms with Crippen molar-refractivity contribution in [3.8, 4) is 0 Å². The van der Waals surface area contributed by atoms with Crippen molar-refractivity contribution >= 4 is 11.9 Å². The lowest BCUT2D eigenvalue weighted by molar-refractivity contribution is -0.137. The molecule has 3 amide bonds. The molecule has 0 bridgehead atoms. The molecule has 2 N–H and O–H groups in total. The van der Waals surface area contributed by atoms with E-state index in [0.29, 0.717) is 18.0 Å². The van der Waals surface area contributed by atoms with E-state index in [1.54, 1.807) is 6.07 Å². The zero-order valence-electron chi connectivity index (χ0n) is 18.3. The van der Waals surface area contributed by atoms with E-state index in [4.69, 9.17) is 0 Å². The molecule has 168 valence electrons. The van der Waals surface area contributed by atoms with Crippen LogP contribution in [0.1, 0.15) is 58.1 Å². The van der Waals surface area contributed by atoms with Crippen LogP contribution in [0, 0.1) is 11.8 Å². The summed E-state index contributed by atoms with van der Waals surface area (Å²) in [6, 6.07) is 4.73. The van der Waals surface area contributed by atoms with E-state index in [2.05, 4.69) is 10.6 Å². The smallest absolute Gasteiger partial charge is 0.356 e. The van der Waals surface area contributed by atoms with Crippen molar-refractivity contribution in [3.05, 3.63) is 35.4 Å². The number of halogens is 3. The van der Waals surface area contributed by atoms with E-state index in [1.165, 1.54) is 11.0 Å². The largest absolute Gasteiger partial charge is 0.416 e. The highest BCUT2D eigenvalue weighted by Crippen LogP contribution is 2.36. The highest BCUT2D eigenvalue weighted by atomic mass is 19.4. The van der Waals surface area contributed by atoms with Crippen molar-refractivity contribution in [2.24, 2.45) is 11.8 Å². The van der Waals surface area contributed by atoms with Crippen LogP contribution in [0.4, 0.5) is 18.0 Å². The molecule has 0 aliphatic carbocycles. The summed E-state index contributed by atoms with van der Waals surface area (Å²) in [6.45, 7) is 10.5. The van der Waals surface area contributed by atoms with Gasteiger partial charge in [-0.2, -0.15) is 13.2 Å². The van der Waals surface area contributed by atoms with Crippen LogP contribution in [0.3, 0.4) is 0 Å². The number of nitrogens with one attached hydrogen (secondary N) is 2. The van der Waals surface area contributed by atoms with Gasteiger partial charge in [-0.15, -0.1) is 0 Å². The molecule has 1 aliphatic rings. The van der Waals surface area contributed by atoms with Crippen LogP contribution in [-0.4, -0.2) is 42.0 Å². The van der Waals surface area contributed by atoms with Gasteiger partial charge in [0.1, 0.15) is 0 Å². The molecule has 1 aromatic carbocycles. The fourth-order valence-electron chi connectivity index (χ4n) is 3.53. The molecular weight excluding hydrogens is 395 g/mol. The highest BCUT2D eigenvalue weighted by Gasteiger charge is 2.41. The number of benzene rings is 1. The molecule has 5 nitrogen and oxygen atoms in total. The Morgan fingerprint density at radius 1 is 1.17 bits per heavy atom. The Balaban J connectivity index is 2.26. The van der Waals surface area contributed by atoms with Gasteiger partial charge >= 0.3 is 12.2 Å². The number of nitrogens with zero attached hydrogens (tertiary/aromatic N) is 1. The van der Waals surface area contributed by atoms with Crippen molar-refractivity contribution in [3.63, 3.8) is 0 Å². The Hall–Kier alpha value is -2.25. The minimum absolute atomic E-state index is 0.163. The lowest BCUT2D eigenvalue weighted by Crippen LogP contribution is -2.48. The Labute approximate surface area is 176 Å². The van der Waals surface area contributed by atoms with E-state index in [1.807, 2.05) is 34.6 Å². The van der Waals surface area contributed by atoms with Gasteiger partial charge in [0.15, 0.2) is 0 Å². The summed E-state index contributed by atoms with van der Waals surface area (Å²) in [4.78, 5) is 27.0. The molecule has 1 fully saturated rings. The monoisotopic (exact) mass is 427 g/mol. The van der Waals surface area contributed by atoms with E-state index >= 15 is 0 Å². The van der Waals surface area contributed by atoms with Gasteiger partial charge in [-0.25, -0.2) is 4.79 Å². The van der Waals surface area contributed by atoms with E-state index < -0.39 is 29.1 Å². The van der Waals surface area contributed by atoms with Crippen LogP contribution in [0.2, 0.25) is 0 Å². The number of amides is 3. The highest BCUT2D eigenvalue weighted by molar-refractivity contribution is 5.83. The van der Waals surface area contributed by atoms with Gasteiger partial charge in [0.25, 0.3) is 0 Å². The van der Waals surface area contributed by atoms with E-state index in [-0.39, 0.29) is 25.0 Å². The lowest BCUT2D eigenvalue weighted by atomic mass is 9.87. The van der Waals surface area contributed by atoms with Crippen molar-refractivity contribution in [1.29, 1.82) is 0 Å². The zero-order valence-corrected chi connectivity index (χ0v) is 18.3. The molecule has 1 aliphatic heterocycles. The first-order valence-corrected chi connectivity index (χ1v) is 10.3. The Morgan fingerprint density at radius 3 is 2.40 bits per heavy atom. The van der Waals surface area contributed by atoms with Crippen LogP contribution in [0.15, 0.2) is 24.3 Å². The van der Waals surface area contributed by atoms with Crippen LogP contribution < -0.4 is 10.6 Å². The van der Waals surface area contributed by atoms with Crippen LogP contribution in [-0.2, 0) is 11.0 Å². The summed E-state index contributed by atoms with van der Waals surface area (Å²) < 4.78 is 39.6. The van der Waals surface area contributed by atoms with Crippen LogP contribution >= 0.6 is 0 Å². The summed E-state index contributed by atoms with van der Waals surface area (Å²) in [5.74, 6) is -0.922. The molecule has 0 radical (unpaired) electrons. The van der Waals surface area contributed by atoms with Gasteiger partial charge in [-0.05, 0) is 44.7 Å². The fourth-order valence-corrected chi connectivity index (χ4v) is 3.53. The van der Waals surface area contributed by atoms with Crippen molar-refractivity contribution in [2.75, 3.05) is 19.6 Å².